The van der Waals surface area contributed by atoms with E-state index in [0.717, 1.165) is 6.42 Å². The molecule has 2 unspecified atom stereocenters. The number of carbonyl (C=O) groups excluding carboxylic acids is 1. The number of rotatable bonds is 3. The van der Waals surface area contributed by atoms with Crippen LogP contribution in [0.25, 0.3) is 0 Å². The van der Waals surface area contributed by atoms with Gasteiger partial charge in [-0.2, -0.15) is 0 Å². The molecule has 1 amide bonds. The molecule has 1 aromatic rings. The molecule has 0 bridgehead atoms. The highest BCUT2D eigenvalue weighted by molar-refractivity contribution is 5.83. The van der Waals surface area contributed by atoms with Crippen molar-refractivity contribution in [1.29, 1.82) is 0 Å². The summed E-state index contributed by atoms with van der Waals surface area (Å²) in [6, 6.07) is 10.9. The predicted molar refractivity (Wildman–Crippen MR) is 72.3 cm³/mol. The van der Waals surface area contributed by atoms with Gasteiger partial charge in [0.1, 0.15) is 0 Å². The first-order chi connectivity index (χ1) is 8.84. The van der Waals surface area contributed by atoms with Crippen LogP contribution in [0.4, 0.5) is 0 Å². The smallest absolute Gasteiger partial charge is 0.223 e. The first kappa shape index (κ1) is 11.8. The van der Waals surface area contributed by atoms with Crippen LogP contribution in [0.3, 0.4) is 0 Å². The first-order valence-corrected chi connectivity index (χ1v) is 7.20. The van der Waals surface area contributed by atoms with Gasteiger partial charge in [0, 0.05) is 12.0 Å². The molecule has 2 fully saturated rings. The van der Waals surface area contributed by atoms with Crippen LogP contribution >= 0.6 is 0 Å². The van der Waals surface area contributed by atoms with E-state index in [4.69, 9.17) is 0 Å². The lowest BCUT2D eigenvalue weighted by Crippen LogP contribution is -2.37. The van der Waals surface area contributed by atoms with E-state index >= 15 is 0 Å². The van der Waals surface area contributed by atoms with Crippen molar-refractivity contribution in [1.82, 2.24) is 5.32 Å². The van der Waals surface area contributed by atoms with Gasteiger partial charge in [0.2, 0.25) is 5.91 Å². The second kappa shape index (κ2) is 5.13. The molecule has 1 aromatic carbocycles. The van der Waals surface area contributed by atoms with Crippen LogP contribution in [0, 0.1) is 5.92 Å². The maximum atomic E-state index is 12.1. The molecule has 0 radical (unpaired) electrons. The van der Waals surface area contributed by atoms with Crippen molar-refractivity contribution in [2.75, 3.05) is 0 Å². The first-order valence-electron chi connectivity index (χ1n) is 7.20. The molecule has 2 aliphatic carbocycles. The second-order valence-electron chi connectivity index (χ2n) is 5.70. The number of carbonyl (C=O) groups is 1. The van der Waals surface area contributed by atoms with E-state index in [-0.39, 0.29) is 11.8 Å². The Bertz CT molecular complexity index is 408. The van der Waals surface area contributed by atoms with E-state index < -0.39 is 0 Å². The molecular weight excluding hydrogens is 222 g/mol. The van der Waals surface area contributed by atoms with Crippen molar-refractivity contribution >= 4 is 5.91 Å². The molecule has 3 rings (SSSR count). The van der Waals surface area contributed by atoms with Crippen LogP contribution in [-0.2, 0) is 4.79 Å². The third kappa shape index (κ3) is 2.58. The lowest BCUT2D eigenvalue weighted by Gasteiger charge is -2.22. The Labute approximate surface area is 109 Å². The van der Waals surface area contributed by atoms with E-state index in [1.54, 1.807) is 0 Å². The third-order valence-corrected chi connectivity index (χ3v) is 4.31. The number of benzene rings is 1. The van der Waals surface area contributed by atoms with Gasteiger partial charge in [0.25, 0.3) is 0 Å². The predicted octanol–water partition coefficient (Wildman–Crippen LogP) is 3.24. The average molecular weight is 243 g/mol. The Balaban J connectivity index is 1.53. The molecule has 2 aliphatic rings. The van der Waals surface area contributed by atoms with E-state index in [1.807, 2.05) is 6.07 Å². The van der Waals surface area contributed by atoms with Gasteiger partial charge in [-0.25, -0.2) is 0 Å². The molecular formula is C16H21NO. The molecule has 2 atom stereocenters. The highest BCUT2D eigenvalue weighted by Gasteiger charge is 2.44. The van der Waals surface area contributed by atoms with Crippen LogP contribution in [0.15, 0.2) is 30.3 Å². The van der Waals surface area contributed by atoms with Gasteiger partial charge < -0.3 is 5.32 Å². The Morgan fingerprint density at radius 2 is 1.78 bits per heavy atom. The largest absolute Gasteiger partial charge is 0.353 e. The zero-order valence-electron chi connectivity index (χ0n) is 10.8. The summed E-state index contributed by atoms with van der Waals surface area (Å²) in [6.45, 7) is 0. The van der Waals surface area contributed by atoms with E-state index in [9.17, 15) is 4.79 Å². The fraction of sp³-hybridized carbons (Fsp3) is 0.562. The fourth-order valence-corrected chi connectivity index (χ4v) is 3.11. The second-order valence-corrected chi connectivity index (χ2v) is 5.70. The lowest BCUT2D eigenvalue weighted by molar-refractivity contribution is -0.123. The van der Waals surface area contributed by atoms with Gasteiger partial charge in [-0.15, -0.1) is 0 Å². The maximum absolute atomic E-state index is 12.1. The molecule has 0 heterocycles. The summed E-state index contributed by atoms with van der Waals surface area (Å²) >= 11 is 0. The van der Waals surface area contributed by atoms with Crippen LogP contribution < -0.4 is 5.32 Å². The monoisotopic (exact) mass is 243 g/mol. The fourth-order valence-electron chi connectivity index (χ4n) is 3.11. The van der Waals surface area contributed by atoms with Crippen molar-refractivity contribution in [3.63, 3.8) is 0 Å². The van der Waals surface area contributed by atoms with Gasteiger partial charge in [-0.1, -0.05) is 49.6 Å². The molecule has 1 N–H and O–H groups in total. The summed E-state index contributed by atoms with van der Waals surface area (Å²) in [5, 5.41) is 3.24. The highest BCUT2D eigenvalue weighted by Crippen LogP contribution is 2.47. The number of nitrogens with one attached hydrogen (secondary N) is 1. The molecule has 18 heavy (non-hydrogen) atoms. The van der Waals surface area contributed by atoms with Gasteiger partial charge in [-0.05, 0) is 30.7 Å². The molecule has 96 valence electrons. The van der Waals surface area contributed by atoms with Crippen LogP contribution in [0.1, 0.15) is 50.0 Å². The Morgan fingerprint density at radius 3 is 2.50 bits per heavy atom. The van der Waals surface area contributed by atoms with E-state index in [2.05, 4.69) is 29.6 Å². The summed E-state index contributed by atoms with van der Waals surface area (Å²) < 4.78 is 0. The zero-order valence-corrected chi connectivity index (χ0v) is 10.8. The maximum Gasteiger partial charge on any atom is 0.223 e. The van der Waals surface area contributed by atoms with Crippen molar-refractivity contribution < 1.29 is 4.79 Å². The Hall–Kier alpha value is -1.31. The van der Waals surface area contributed by atoms with Crippen LogP contribution in [-0.4, -0.2) is 11.9 Å². The van der Waals surface area contributed by atoms with Gasteiger partial charge in [-0.3, -0.25) is 4.79 Å². The van der Waals surface area contributed by atoms with Crippen molar-refractivity contribution in [2.24, 2.45) is 5.92 Å². The summed E-state index contributed by atoms with van der Waals surface area (Å²) in [7, 11) is 0. The van der Waals surface area contributed by atoms with Crippen LogP contribution in [0.2, 0.25) is 0 Å². The minimum Gasteiger partial charge on any atom is -0.353 e. The molecule has 2 heteroatoms. The summed E-state index contributed by atoms with van der Waals surface area (Å²) in [5.41, 5.74) is 1.32. The van der Waals surface area contributed by atoms with E-state index in [0.29, 0.717) is 12.0 Å². The molecule has 2 saturated carbocycles. The van der Waals surface area contributed by atoms with Crippen LogP contribution in [0.5, 0.6) is 0 Å². The molecule has 0 aliphatic heterocycles. The summed E-state index contributed by atoms with van der Waals surface area (Å²) in [4.78, 5) is 12.1. The Morgan fingerprint density at radius 1 is 1.06 bits per heavy atom. The number of hydrogen-bond donors (Lipinski definition) is 1. The van der Waals surface area contributed by atoms with Crippen molar-refractivity contribution in [2.45, 2.75) is 50.5 Å². The standard InChI is InChI=1S/C16H21NO/c18-16(17-13-9-5-2-6-10-13)15-11-14(15)12-7-3-1-4-8-12/h1,3-4,7-8,13-15H,2,5-6,9-11H2,(H,17,18). The highest BCUT2D eigenvalue weighted by atomic mass is 16.2. The van der Waals surface area contributed by atoms with Crippen molar-refractivity contribution in [3.8, 4) is 0 Å². The molecule has 2 nitrogen and oxygen atoms in total. The normalized spacial score (nSPS) is 27.8. The zero-order chi connectivity index (χ0) is 12.4. The SMILES string of the molecule is O=C(NC1CCCCC1)C1CC1c1ccccc1. The summed E-state index contributed by atoms with van der Waals surface area (Å²) in [6.07, 6.45) is 7.27. The van der Waals surface area contributed by atoms with Gasteiger partial charge in [0.05, 0.1) is 0 Å². The Kier molecular flexibility index (Phi) is 3.35. The molecule has 0 saturated heterocycles. The average Bonchev–Trinajstić information content (AvgIpc) is 3.21. The van der Waals surface area contributed by atoms with Gasteiger partial charge >= 0.3 is 0 Å². The minimum atomic E-state index is 0.231. The van der Waals surface area contributed by atoms with Crippen molar-refractivity contribution in [3.05, 3.63) is 35.9 Å². The molecule has 0 spiro atoms. The quantitative estimate of drug-likeness (QED) is 0.867. The minimum absolute atomic E-state index is 0.231. The molecule has 0 aromatic heterocycles. The topological polar surface area (TPSA) is 29.1 Å². The number of amides is 1. The lowest BCUT2D eigenvalue weighted by atomic mass is 9.95. The van der Waals surface area contributed by atoms with Gasteiger partial charge in [0.15, 0.2) is 0 Å². The summed E-state index contributed by atoms with van der Waals surface area (Å²) in [5.74, 6) is 0.986. The number of hydrogen-bond acceptors (Lipinski definition) is 1. The van der Waals surface area contributed by atoms with E-state index in [1.165, 1.54) is 37.7 Å². The third-order valence-electron chi connectivity index (χ3n) is 4.31.